The van der Waals surface area contributed by atoms with Gasteiger partial charge in [-0.2, -0.15) is 5.26 Å². The van der Waals surface area contributed by atoms with Crippen LogP contribution in [0.1, 0.15) is 5.56 Å². The molecule has 0 saturated carbocycles. The molecule has 0 aromatic heterocycles. The van der Waals surface area contributed by atoms with Crippen molar-refractivity contribution in [3.05, 3.63) is 77.8 Å². The highest BCUT2D eigenvalue weighted by atomic mass is 19.1. The fraction of sp³-hybridized carbons (Fsp3) is 0.273. The van der Waals surface area contributed by atoms with Crippen LogP contribution in [0.5, 0.6) is 0 Å². The van der Waals surface area contributed by atoms with Crippen molar-refractivity contribution in [2.75, 3.05) is 37.6 Å². The van der Waals surface area contributed by atoms with E-state index in [1.165, 1.54) is 12.1 Å². The third-order valence-corrected chi connectivity index (χ3v) is 4.72. The van der Waals surface area contributed by atoms with E-state index in [0.717, 1.165) is 30.8 Å². The molecule has 0 bridgehead atoms. The standard InChI is InChI=1S/C22H23FN4O/c23-20-6-8-21(9-7-20)27-14-12-26(13-15-27)17-19(16-24)22(28)25-11-10-18-4-2-1-3-5-18/h1-9,17H,10-15H2,(H,25,28)/b19-17-. The molecule has 1 amide bonds. The predicted octanol–water partition coefficient (Wildman–Crippen LogP) is 2.71. The number of nitrogens with zero attached hydrogens (tertiary/aromatic N) is 3. The predicted molar refractivity (Wildman–Crippen MR) is 107 cm³/mol. The van der Waals surface area contributed by atoms with Crippen molar-refractivity contribution in [2.45, 2.75) is 6.42 Å². The maximum Gasteiger partial charge on any atom is 0.263 e. The number of piperazine rings is 1. The third kappa shape index (κ3) is 5.34. The molecule has 0 aliphatic carbocycles. The van der Waals surface area contributed by atoms with E-state index in [1.54, 1.807) is 18.3 Å². The Balaban J connectivity index is 1.49. The molecule has 28 heavy (non-hydrogen) atoms. The number of carbonyl (C=O) groups excluding carboxylic acids is 1. The van der Waals surface area contributed by atoms with Crippen LogP contribution < -0.4 is 10.2 Å². The first-order chi connectivity index (χ1) is 13.7. The molecule has 5 nitrogen and oxygen atoms in total. The second-order valence-corrected chi connectivity index (χ2v) is 6.65. The van der Waals surface area contributed by atoms with Crippen LogP contribution in [0.3, 0.4) is 0 Å². The molecule has 1 aliphatic rings. The molecular weight excluding hydrogens is 355 g/mol. The van der Waals surface area contributed by atoms with Gasteiger partial charge in [-0.05, 0) is 36.2 Å². The van der Waals surface area contributed by atoms with Crippen molar-refractivity contribution in [1.29, 1.82) is 5.26 Å². The first-order valence-electron chi connectivity index (χ1n) is 9.34. The van der Waals surface area contributed by atoms with Crippen molar-refractivity contribution >= 4 is 11.6 Å². The smallest absolute Gasteiger partial charge is 0.263 e. The van der Waals surface area contributed by atoms with Gasteiger partial charge in [0.1, 0.15) is 17.5 Å². The summed E-state index contributed by atoms with van der Waals surface area (Å²) in [5, 5.41) is 12.2. The fourth-order valence-corrected chi connectivity index (χ4v) is 3.14. The van der Waals surface area contributed by atoms with Crippen LogP contribution in [-0.4, -0.2) is 43.5 Å². The van der Waals surface area contributed by atoms with Gasteiger partial charge < -0.3 is 15.1 Å². The van der Waals surface area contributed by atoms with Crippen LogP contribution in [0, 0.1) is 17.1 Å². The summed E-state index contributed by atoms with van der Waals surface area (Å²) in [6.45, 7) is 3.37. The minimum absolute atomic E-state index is 0.114. The average Bonchev–Trinajstić information content (AvgIpc) is 2.74. The van der Waals surface area contributed by atoms with Crippen molar-refractivity contribution in [3.8, 4) is 6.07 Å². The Morgan fingerprint density at radius 2 is 1.75 bits per heavy atom. The molecule has 1 N–H and O–H groups in total. The van der Waals surface area contributed by atoms with Crippen molar-refractivity contribution < 1.29 is 9.18 Å². The zero-order chi connectivity index (χ0) is 19.8. The summed E-state index contributed by atoms with van der Waals surface area (Å²) in [5.41, 5.74) is 2.23. The highest BCUT2D eigenvalue weighted by Crippen LogP contribution is 2.17. The molecule has 0 radical (unpaired) electrons. The number of rotatable bonds is 6. The molecule has 1 saturated heterocycles. The number of nitriles is 1. The van der Waals surface area contributed by atoms with Gasteiger partial charge in [-0.25, -0.2) is 4.39 Å². The van der Waals surface area contributed by atoms with Crippen LogP contribution in [-0.2, 0) is 11.2 Å². The van der Waals surface area contributed by atoms with E-state index < -0.39 is 0 Å². The lowest BCUT2D eigenvalue weighted by molar-refractivity contribution is -0.117. The SMILES string of the molecule is N#C/C(=C/N1CCN(c2ccc(F)cc2)CC1)C(=O)NCCc1ccccc1. The number of hydrogen-bond donors (Lipinski definition) is 1. The molecule has 144 valence electrons. The molecule has 1 fully saturated rings. The molecule has 1 aliphatic heterocycles. The maximum absolute atomic E-state index is 13.1. The molecular formula is C22H23FN4O. The number of carbonyl (C=O) groups is 1. The van der Waals surface area contributed by atoms with Gasteiger partial charge in [-0.1, -0.05) is 30.3 Å². The zero-order valence-corrected chi connectivity index (χ0v) is 15.6. The van der Waals surface area contributed by atoms with Crippen LogP contribution >= 0.6 is 0 Å². The summed E-state index contributed by atoms with van der Waals surface area (Å²) >= 11 is 0. The quantitative estimate of drug-likeness (QED) is 0.620. The Kier molecular flexibility index (Phi) is 6.64. The minimum Gasteiger partial charge on any atom is -0.373 e. The molecule has 3 rings (SSSR count). The monoisotopic (exact) mass is 378 g/mol. The number of benzene rings is 2. The van der Waals surface area contributed by atoms with Crippen molar-refractivity contribution in [2.24, 2.45) is 0 Å². The van der Waals surface area contributed by atoms with Gasteiger partial charge in [0, 0.05) is 44.6 Å². The first-order valence-corrected chi connectivity index (χ1v) is 9.34. The van der Waals surface area contributed by atoms with Crippen molar-refractivity contribution in [3.63, 3.8) is 0 Å². The number of amides is 1. The van der Waals surface area contributed by atoms with Gasteiger partial charge in [0.25, 0.3) is 5.91 Å². The molecule has 0 spiro atoms. The Bertz CT molecular complexity index is 850. The van der Waals surface area contributed by atoms with E-state index in [4.69, 9.17) is 0 Å². The maximum atomic E-state index is 13.1. The van der Waals surface area contributed by atoms with Crippen LogP contribution in [0.25, 0.3) is 0 Å². The number of nitrogens with one attached hydrogen (secondary N) is 1. The molecule has 2 aromatic carbocycles. The lowest BCUT2D eigenvalue weighted by Crippen LogP contribution is -2.44. The molecule has 0 unspecified atom stereocenters. The Morgan fingerprint density at radius 1 is 1.07 bits per heavy atom. The minimum atomic E-state index is -0.348. The Labute approximate surface area is 164 Å². The highest BCUT2D eigenvalue weighted by Gasteiger charge is 2.17. The average molecular weight is 378 g/mol. The summed E-state index contributed by atoms with van der Waals surface area (Å²) in [5.74, 6) is -0.596. The van der Waals surface area contributed by atoms with E-state index in [0.29, 0.717) is 19.6 Å². The summed E-state index contributed by atoms with van der Waals surface area (Å²) in [6.07, 6.45) is 2.36. The van der Waals surface area contributed by atoms with E-state index in [-0.39, 0.29) is 17.3 Å². The lowest BCUT2D eigenvalue weighted by atomic mass is 10.1. The van der Waals surface area contributed by atoms with E-state index in [9.17, 15) is 14.4 Å². The van der Waals surface area contributed by atoms with Crippen molar-refractivity contribution in [1.82, 2.24) is 10.2 Å². The number of anilines is 1. The van der Waals surface area contributed by atoms with Gasteiger partial charge in [0.2, 0.25) is 0 Å². The van der Waals surface area contributed by atoms with E-state index >= 15 is 0 Å². The highest BCUT2D eigenvalue weighted by molar-refractivity contribution is 5.97. The second kappa shape index (κ2) is 9.56. The van der Waals surface area contributed by atoms with Gasteiger partial charge in [0.15, 0.2) is 0 Å². The number of hydrogen-bond acceptors (Lipinski definition) is 4. The number of halogens is 1. The van der Waals surface area contributed by atoms with Gasteiger partial charge >= 0.3 is 0 Å². The summed E-state index contributed by atoms with van der Waals surface area (Å²) in [4.78, 5) is 16.4. The molecule has 2 aromatic rings. The lowest BCUT2D eigenvalue weighted by Gasteiger charge is -2.35. The van der Waals surface area contributed by atoms with Gasteiger partial charge in [-0.3, -0.25) is 4.79 Å². The largest absolute Gasteiger partial charge is 0.373 e. The fourth-order valence-electron chi connectivity index (χ4n) is 3.14. The van der Waals surface area contributed by atoms with E-state index in [2.05, 4.69) is 10.2 Å². The zero-order valence-electron chi connectivity index (χ0n) is 15.6. The van der Waals surface area contributed by atoms with Gasteiger partial charge in [-0.15, -0.1) is 0 Å². The molecule has 6 heteroatoms. The van der Waals surface area contributed by atoms with Crippen LogP contribution in [0.2, 0.25) is 0 Å². The van der Waals surface area contributed by atoms with Crippen LogP contribution in [0.15, 0.2) is 66.4 Å². The first kappa shape index (κ1) is 19.4. The summed E-state index contributed by atoms with van der Waals surface area (Å²) < 4.78 is 13.1. The van der Waals surface area contributed by atoms with Crippen LogP contribution in [0.4, 0.5) is 10.1 Å². The molecule has 1 heterocycles. The normalized spacial score (nSPS) is 14.5. The topological polar surface area (TPSA) is 59.4 Å². The molecule has 0 atom stereocenters. The van der Waals surface area contributed by atoms with Gasteiger partial charge in [0.05, 0.1) is 0 Å². The second-order valence-electron chi connectivity index (χ2n) is 6.65. The summed E-state index contributed by atoms with van der Waals surface area (Å²) in [7, 11) is 0. The third-order valence-electron chi connectivity index (χ3n) is 4.72. The summed E-state index contributed by atoms with van der Waals surface area (Å²) in [6, 6.07) is 18.3. The Hall–Kier alpha value is -3.33. The Morgan fingerprint density at radius 3 is 2.39 bits per heavy atom. The van der Waals surface area contributed by atoms with E-state index in [1.807, 2.05) is 41.3 Å².